The lowest BCUT2D eigenvalue weighted by Gasteiger charge is -2.32. The number of aromatic nitrogens is 4. The van der Waals surface area contributed by atoms with E-state index in [0.717, 1.165) is 59.7 Å². The molecule has 1 saturated heterocycles. The first-order valence-electron chi connectivity index (χ1n) is 11.1. The lowest BCUT2D eigenvalue weighted by Crippen LogP contribution is -2.48. The maximum Gasteiger partial charge on any atom is 0.129 e. The van der Waals surface area contributed by atoms with Gasteiger partial charge in [0.15, 0.2) is 0 Å². The smallest absolute Gasteiger partial charge is 0.129 e. The predicted octanol–water partition coefficient (Wildman–Crippen LogP) is 2.70. The molecule has 0 amide bonds. The van der Waals surface area contributed by atoms with Crippen LogP contribution in [0.5, 0.6) is 0 Å². The molecule has 3 aromatic rings. The maximum absolute atomic E-state index is 11.0. The maximum atomic E-state index is 11.0. The highest BCUT2D eigenvalue weighted by Crippen LogP contribution is 2.36. The van der Waals surface area contributed by atoms with E-state index in [2.05, 4.69) is 22.7 Å². The van der Waals surface area contributed by atoms with Crippen LogP contribution in [0.1, 0.15) is 56.3 Å². The van der Waals surface area contributed by atoms with Gasteiger partial charge in [-0.2, -0.15) is 10.2 Å². The number of benzene rings is 1. The lowest BCUT2D eigenvalue weighted by atomic mass is 9.87. The number of nitrogens with zero attached hydrogens (tertiary/aromatic N) is 4. The van der Waals surface area contributed by atoms with Crippen molar-refractivity contribution in [1.82, 2.24) is 24.9 Å². The summed E-state index contributed by atoms with van der Waals surface area (Å²) >= 11 is 0. The van der Waals surface area contributed by atoms with Crippen molar-refractivity contribution < 1.29 is 15.0 Å². The van der Waals surface area contributed by atoms with Crippen LogP contribution in [0.4, 0.5) is 0 Å². The van der Waals surface area contributed by atoms with E-state index in [4.69, 9.17) is 5.10 Å². The third-order valence-electron chi connectivity index (χ3n) is 6.91. The van der Waals surface area contributed by atoms with Crippen LogP contribution in [-0.4, -0.2) is 48.5 Å². The summed E-state index contributed by atoms with van der Waals surface area (Å²) in [4.78, 5) is 11.0. The fourth-order valence-electron chi connectivity index (χ4n) is 5.18. The molecule has 8 nitrogen and oxygen atoms in total. The van der Waals surface area contributed by atoms with E-state index in [1.54, 1.807) is 0 Å². The molecule has 1 aliphatic carbocycles. The Kier molecular flexibility index (Phi) is 5.37. The van der Waals surface area contributed by atoms with Gasteiger partial charge in [-0.25, -0.2) is 0 Å². The number of nitrogens with one attached hydrogen (secondary N) is 1. The number of hydrogen-bond acceptors (Lipinski definition) is 6. The fourth-order valence-corrected chi connectivity index (χ4v) is 5.18. The number of hydrogen-bond donors (Lipinski definition) is 3. The standard InChI is InChI=1S/C23H29N5O3/c1-14-22-18(16-11-24-27(12-16)17-7-5-15(13-29)6-8-17)3-2-4-19(22)28(26-14)20-9-10-21(30)25-23(20)31/h2-4,11-13,15,17,20-21,23,25,30-31H,5-10H2,1H3/t15?,17?,20-,21-,23-/m1/s1. The number of aryl methyl sites for hydroxylation is 1. The molecule has 1 saturated carbocycles. The third kappa shape index (κ3) is 3.69. The van der Waals surface area contributed by atoms with Crippen LogP contribution in [0, 0.1) is 12.8 Å². The SMILES string of the molecule is Cc1nn([C@@H]2CC[C@@H](O)N[C@@H]2O)c2cccc(-c3cnn(C4CCC(C=O)CC4)c3)c12. The van der Waals surface area contributed by atoms with Crippen molar-refractivity contribution in [2.24, 2.45) is 5.92 Å². The first-order valence-corrected chi connectivity index (χ1v) is 11.1. The van der Waals surface area contributed by atoms with Crippen molar-refractivity contribution in [3.63, 3.8) is 0 Å². The van der Waals surface area contributed by atoms with Gasteiger partial charge < -0.3 is 15.0 Å². The Morgan fingerprint density at radius 3 is 2.68 bits per heavy atom. The number of piperidine rings is 1. The summed E-state index contributed by atoms with van der Waals surface area (Å²) < 4.78 is 3.94. The Morgan fingerprint density at radius 2 is 1.94 bits per heavy atom. The van der Waals surface area contributed by atoms with E-state index in [1.165, 1.54) is 0 Å². The number of fused-ring (bicyclic) bond motifs is 1. The predicted molar refractivity (Wildman–Crippen MR) is 116 cm³/mol. The van der Waals surface area contributed by atoms with Gasteiger partial charge in [-0.15, -0.1) is 0 Å². The Balaban J connectivity index is 1.47. The van der Waals surface area contributed by atoms with E-state index < -0.39 is 12.5 Å². The van der Waals surface area contributed by atoms with Gasteiger partial charge in [-0.3, -0.25) is 14.7 Å². The summed E-state index contributed by atoms with van der Waals surface area (Å²) in [6.45, 7) is 1.99. The van der Waals surface area contributed by atoms with Crippen molar-refractivity contribution in [3.8, 4) is 11.1 Å². The molecule has 0 spiro atoms. The van der Waals surface area contributed by atoms with Crippen molar-refractivity contribution in [3.05, 3.63) is 36.3 Å². The molecule has 0 unspecified atom stereocenters. The summed E-state index contributed by atoms with van der Waals surface area (Å²) in [7, 11) is 0. The minimum absolute atomic E-state index is 0.194. The van der Waals surface area contributed by atoms with Crippen molar-refractivity contribution in [2.75, 3.05) is 0 Å². The molecule has 2 fully saturated rings. The van der Waals surface area contributed by atoms with E-state index in [1.807, 2.05) is 34.6 Å². The van der Waals surface area contributed by atoms with E-state index in [-0.39, 0.29) is 12.0 Å². The number of aldehydes is 1. The molecule has 8 heteroatoms. The summed E-state index contributed by atoms with van der Waals surface area (Å²) in [6.07, 6.45) is 8.60. The molecule has 3 atom stereocenters. The first kappa shape index (κ1) is 20.4. The van der Waals surface area contributed by atoms with Gasteiger partial charge in [-0.1, -0.05) is 12.1 Å². The van der Waals surface area contributed by atoms with Gasteiger partial charge in [0.1, 0.15) is 18.7 Å². The van der Waals surface area contributed by atoms with Crippen LogP contribution in [-0.2, 0) is 4.79 Å². The Morgan fingerprint density at radius 1 is 1.13 bits per heavy atom. The zero-order valence-electron chi connectivity index (χ0n) is 17.7. The van der Waals surface area contributed by atoms with Gasteiger partial charge in [0.2, 0.25) is 0 Å². The van der Waals surface area contributed by atoms with Gasteiger partial charge in [0.25, 0.3) is 0 Å². The van der Waals surface area contributed by atoms with Crippen LogP contribution in [0.25, 0.3) is 22.0 Å². The molecular weight excluding hydrogens is 394 g/mol. The largest absolute Gasteiger partial charge is 0.379 e. The van der Waals surface area contributed by atoms with Crippen LogP contribution >= 0.6 is 0 Å². The van der Waals surface area contributed by atoms with Gasteiger partial charge in [0.05, 0.1) is 29.5 Å². The molecule has 31 heavy (non-hydrogen) atoms. The normalized spacial score (nSPS) is 29.3. The van der Waals surface area contributed by atoms with Gasteiger partial charge in [0, 0.05) is 23.1 Å². The Hall–Kier alpha value is -2.55. The number of rotatable bonds is 4. The second-order valence-electron chi connectivity index (χ2n) is 8.92. The molecule has 164 valence electrons. The van der Waals surface area contributed by atoms with Gasteiger partial charge >= 0.3 is 0 Å². The van der Waals surface area contributed by atoms with E-state index in [9.17, 15) is 15.0 Å². The number of carbonyl (C=O) groups excluding carboxylic acids is 1. The summed E-state index contributed by atoms with van der Waals surface area (Å²) in [6, 6.07) is 6.24. The minimum atomic E-state index is -0.848. The Labute approximate surface area is 180 Å². The molecule has 5 rings (SSSR count). The highest BCUT2D eigenvalue weighted by Gasteiger charge is 2.31. The third-order valence-corrected chi connectivity index (χ3v) is 6.91. The van der Waals surface area contributed by atoms with Crippen molar-refractivity contribution in [1.29, 1.82) is 0 Å². The first-order chi connectivity index (χ1) is 15.0. The average molecular weight is 424 g/mol. The Bertz CT molecular complexity index is 1080. The summed E-state index contributed by atoms with van der Waals surface area (Å²) in [5.74, 6) is 0.194. The zero-order valence-corrected chi connectivity index (χ0v) is 17.7. The minimum Gasteiger partial charge on any atom is -0.379 e. The van der Waals surface area contributed by atoms with Crippen molar-refractivity contribution >= 4 is 17.2 Å². The van der Waals surface area contributed by atoms with Gasteiger partial charge in [-0.05, 0) is 57.1 Å². The van der Waals surface area contributed by atoms with Crippen LogP contribution < -0.4 is 5.32 Å². The molecule has 0 radical (unpaired) electrons. The van der Waals surface area contributed by atoms with Crippen LogP contribution in [0.15, 0.2) is 30.6 Å². The molecule has 3 N–H and O–H groups in total. The number of aliphatic hydroxyl groups is 2. The molecule has 1 aromatic carbocycles. The second kappa shape index (κ2) is 8.18. The number of carbonyl (C=O) groups is 1. The topological polar surface area (TPSA) is 105 Å². The van der Waals surface area contributed by atoms with Crippen LogP contribution in [0.3, 0.4) is 0 Å². The van der Waals surface area contributed by atoms with Crippen LogP contribution in [0.2, 0.25) is 0 Å². The van der Waals surface area contributed by atoms with E-state index in [0.29, 0.717) is 18.9 Å². The molecule has 1 aliphatic heterocycles. The molecule has 3 heterocycles. The van der Waals surface area contributed by atoms with Crippen molar-refractivity contribution in [2.45, 2.75) is 70.0 Å². The zero-order chi connectivity index (χ0) is 21.5. The molecular formula is C23H29N5O3. The lowest BCUT2D eigenvalue weighted by molar-refractivity contribution is -0.112. The highest BCUT2D eigenvalue weighted by molar-refractivity contribution is 5.96. The average Bonchev–Trinajstić information content (AvgIpc) is 3.39. The summed E-state index contributed by atoms with van der Waals surface area (Å²) in [5, 5.41) is 33.5. The molecule has 2 aliphatic rings. The quantitative estimate of drug-likeness (QED) is 0.557. The number of aliphatic hydroxyl groups excluding tert-OH is 2. The monoisotopic (exact) mass is 423 g/mol. The van der Waals surface area contributed by atoms with E-state index >= 15 is 0 Å². The molecule has 0 bridgehead atoms. The summed E-state index contributed by atoms with van der Waals surface area (Å²) in [5.41, 5.74) is 4.00. The fraction of sp³-hybridized carbons (Fsp3) is 0.522. The second-order valence-corrected chi connectivity index (χ2v) is 8.92. The molecule has 2 aromatic heterocycles. The highest BCUT2D eigenvalue weighted by atomic mass is 16.3.